The average molecular weight is 219 g/mol. The number of hydrogen-bond acceptors (Lipinski definition) is 2. The molecular formula is C14H21NO. The molecule has 1 atom stereocenters. The highest BCUT2D eigenvalue weighted by atomic mass is 16.5. The molecule has 0 bridgehead atoms. The maximum atomic E-state index is 5.68. The maximum Gasteiger partial charge on any atom is 0.0716 e. The monoisotopic (exact) mass is 219 g/mol. The smallest absolute Gasteiger partial charge is 0.0716 e. The Morgan fingerprint density at radius 3 is 2.81 bits per heavy atom. The van der Waals surface area contributed by atoms with Crippen LogP contribution in [-0.4, -0.2) is 19.2 Å². The Labute approximate surface area is 98.0 Å². The van der Waals surface area contributed by atoms with Gasteiger partial charge in [-0.05, 0) is 31.4 Å². The molecule has 1 aliphatic heterocycles. The molecule has 1 fully saturated rings. The minimum Gasteiger partial charge on any atom is -0.377 e. The van der Waals surface area contributed by atoms with Crippen LogP contribution in [0.5, 0.6) is 0 Å². The molecule has 0 aromatic heterocycles. The normalized spacial score (nSPS) is 20.9. The fourth-order valence-electron chi connectivity index (χ4n) is 2.16. The van der Waals surface area contributed by atoms with E-state index in [0.29, 0.717) is 6.04 Å². The van der Waals surface area contributed by atoms with Crippen molar-refractivity contribution in [1.82, 2.24) is 5.32 Å². The summed E-state index contributed by atoms with van der Waals surface area (Å²) in [6.45, 7) is 2.80. The van der Waals surface area contributed by atoms with Crippen molar-refractivity contribution in [1.29, 1.82) is 0 Å². The first-order valence-electron chi connectivity index (χ1n) is 6.30. The molecule has 0 radical (unpaired) electrons. The van der Waals surface area contributed by atoms with Crippen LogP contribution in [0.15, 0.2) is 30.3 Å². The first-order valence-corrected chi connectivity index (χ1v) is 6.30. The Balaban J connectivity index is 1.58. The fourth-order valence-corrected chi connectivity index (χ4v) is 2.16. The van der Waals surface area contributed by atoms with Gasteiger partial charge in [0.15, 0.2) is 0 Å². The summed E-state index contributed by atoms with van der Waals surface area (Å²) in [4.78, 5) is 0. The third kappa shape index (κ3) is 3.95. The first kappa shape index (κ1) is 11.6. The van der Waals surface area contributed by atoms with Crippen molar-refractivity contribution in [3.63, 3.8) is 0 Å². The maximum absolute atomic E-state index is 5.68. The molecule has 0 amide bonds. The van der Waals surface area contributed by atoms with E-state index in [9.17, 15) is 0 Å². The van der Waals surface area contributed by atoms with Gasteiger partial charge in [-0.3, -0.25) is 0 Å². The second-order valence-electron chi connectivity index (χ2n) is 4.47. The van der Waals surface area contributed by atoms with Crippen LogP contribution in [0.3, 0.4) is 0 Å². The summed E-state index contributed by atoms with van der Waals surface area (Å²) in [6.07, 6.45) is 5.17. The zero-order valence-electron chi connectivity index (χ0n) is 9.82. The molecule has 0 spiro atoms. The van der Waals surface area contributed by atoms with Gasteiger partial charge < -0.3 is 10.1 Å². The molecule has 2 rings (SSSR count). The zero-order chi connectivity index (χ0) is 11.1. The summed E-state index contributed by atoms with van der Waals surface area (Å²) in [6, 6.07) is 11.1. The van der Waals surface area contributed by atoms with E-state index < -0.39 is 0 Å². The van der Waals surface area contributed by atoms with Crippen LogP contribution in [0.25, 0.3) is 0 Å². The van der Waals surface area contributed by atoms with Crippen molar-refractivity contribution < 1.29 is 4.74 Å². The van der Waals surface area contributed by atoms with Gasteiger partial charge in [0.05, 0.1) is 6.61 Å². The molecule has 1 aromatic carbocycles. The molecule has 0 saturated carbocycles. The van der Waals surface area contributed by atoms with Gasteiger partial charge in [0.2, 0.25) is 0 Å². The van der Waals surface area contributed by atoms with Crippen LogP contribution in [-0.2, 0) is 11.3 Å². The Kier molecular flexibility index (Phi) is 4.84. The van der Waals surface area contributed by atoms with Crippen molar-refractivity contribution in [3.05, 3.63) is 35.9 Å². The van der Waals surface area contributed by atoms with E-state index in [4.69, 9.17) is 4.74 Å². The van der Waals surface area contributed by atoms with Gasteiger partial charge in [-0.2, -0.15) is 0 Å². The second kappa shape index (κ2) is 6.66. The van der Waals surface area contributed by atoms with E-state index in [-0.39, 0.29) is 0 Å². The largest absolute Gasteiger partial charge is 0.377 e. The van der Waals surface area contributed by atoms with Gasteiger partial charge in [-0.25, -0.2) is 0 Å². The quantitative estimate of drug-likeness (QED) is 0.769. The van der Waals surface area contributed by atoms with Crippen LogP contribution >= 0.6 is 0 Å². The Morgan fingerprint density at radius 2 is 2.06 bits per heavy atom. The zero-order valence-corrected chi connectivity index (χ0v) is 9.82. The molecule has 0 aliphatic carbocycles. The van der Waals surface area contributed by atoms with Crippen LogP contribution in [0.4, 0.5) is 0 Å². The van der Waals surface area contributed by atoms with Gasteiger partial charge in [0.25, 0.3) is 0 Å². The topological polar surface area (TPSA) is 21.3 Å². The van der Waals surface area contributed by atoms with Gasteiger partial charge >= 0.3 is 0 Å². The minimum atomic E-state index is 0.685. The molecule has 1 heterocycles. The highest BCUT2D eigenvalue weighted by Crippen LogP contribution is 2.10. The first-order chi connectivity index (χ1) is 7.95. The third-order valence-electron chi connectivity index (χ3n) is 3.13. The lowest BCUT2D eigenvalue weighted by Gasteiger charge is -2.23. The number of rotatable bonds is 5. The van der Waals surface area contributed by atoms with E-state index in [1.165, 1.54) is 31.4 Å². The van der Waals surface area contributed by atoms with Crippen molar-refractivity contribution in [2.75, 3.05) is 13.2 Å². The fraction of sp³-hybridized carbons (Fsp3) is 0.571. The second-order valence-corrected chi connectivity index (χ2v) is 4.47. The predicted octanol–water partition coefficient (Wildman–Crippen LogP) is 2.74. The SMILES string of the molecule is c1ccc(COCC[C@@H]2CCCCN2)cc1. The number of ether oxygens (including phenoxy) is 1. The summed E-state index contributed by atoms with van der Waals surface area (Å²) in [5, 5.41) is 3.54. The molecule has 2 nitrogen and oxygen atoms in total. The highest BCUT2D eigenvalue weighted by Gasteiger charge is 2.11. The minimum absolute atomic E-state index is 0.685. The van der Waals surface area contributed by atoms with Crippen LogP contribution in [0.2, 0.25) is 0 Å². The van der Waals surface area contributed by atoms with E-state index in [2.05, 4.69) is 29.6 Å². The van der Waals surface area contributed by atoms with Gasteiger partial charge in [0.1, 0.15) is 0 Å². The van der Waals surface area contributed by atoms with Gasteiger partial charge in [-0.15, -0.1) is 0 Å². The van der Waals surface area contributed by atoms with Gasteiger partial charge in [0, 0.05) is 12.6 Å². The third-order valence-corrected chi connectivity index (χ3v) is 3.13. The molecule has 1 saturated heterocycles. The lowest BCUT2D eigenvalue weighted by molar-refractivity contribution is 0.108. The lowest BCUT2D eigenvalue weighted by Crippen LogP contribution is -2.34. The van der Waals surface area contributed by atoms with Crippen molar-refractivity contribution in [2.24, 2.45) is 0 Å². The predicted molar refractivity (Wildman–Crippen MR) is 66.4 cm³/mol. The van der Waals surface area contributed by atoms with E-state index >= 15 is 0 Å². The van der Waals surface area contributed by atoms with Crippen LogP contribution < -0.4 is 5.32 Å². The molecule has 0 unspecified atom stereocenters. The van der Waals surface area contributed by atoms with Crippen LogP contribution in [0, 0.1) is 0 Å². The van der Waals surface area contributed by atoms with E-state index in [1.54, 1.807) is 0 Å². The average Bonchev–Trinajstić information content (AvgIpc) is 2.37. The summed E-state index contributed by atoms with van der Waals surface area (Å²) < 4.78 is 5.68. The number of nitrogens with one attached hydrogen (secondary N) is 1. The Morgan fingerprint density at radius 1 is 1.19 bits per heavy atom. The summed E-state index contributed by atoms with van der Waals surface area (Å²) in [5.41, 5.74) is 1.26. The lowest BCUT2D eigenvalue weighted by atomic mass is 10.0. The molecule has 1 aliphatic rings. The van der Waals surface area contributed by atoms with E-state index in [1.807, 2.05) is 6.07 Å². The standard InChI is InChI=1S/C14H21NO/c1-2-6-13(7-3-1)12-16-11-9-14-8-4-5-10-15-14/h1-3,6-7,14-15H,4-5,8-12H2/t14-/m0/s1. The summed E-state index contributed by atoms with van der Waals surface area (Å²) >= 11 is 0. The van der Waals surface area contributed by atoms with Gasteiger partial charge in [-0.1, -0.05) is 36.8 Å². The highest BCUT2D eigenvalue weighted by molar-refractivity contribution is 5.13. The van der Waals surface area contributed by atoms with Crippen molar-refractivity contribution >= 4 is 0 Å². The summed E-state index contributed by atoms with van der Waals surface area (Å²) in [7, 11) is 0. The number of benzene rings is 1. The Hall–Kier alpha value is -0.860. The molecule has 1 N–H and O–H groups in total. The number of piperidine rings is 1. The molecular weight excluding hydrogens is 198 g/mol. The molecule has 88 valence electrons. The number of hydrogen-bond donors (Lipinski definition) is 1. The summed E-state index contributed by atoms with van der Waals surface area (Å²) in [5.74, 6) is 0. The Bertz CT molecular complexity index is 280. The van der Waals surface area contributed by atoms with E-state index in [0.717, 1.165) is 19.6 Å². The van der Waals surface area contributed by atoms with Crippen molar-refractivity contribution in [3.8, 4) is 0 Å². The molecule has 16 heavy (non-hydrogen) atoms. The molecule has 2 heteroatoms. The van der Waals surface area contributed by atoms with Crippen molar-refractivity contribution in [2.45, 2.75) is 38.3 Å². The molecule has 1 aromatic rings. The van der Waals surface area contributed by atoms with Crippen LogP contribution in [0.1, 0.15) is 31.2 Å².